The van der Waals surface area contributed by atoms with E-state index in [0.29, 0.717) is 6.54 Å². The van der Waals surface area contributed by atoms with Crippen molar-refractivity contribution in [3.05, 3.63) is 23.8 Å². The molecule has 1 rings (SSSR count). The molecule has 2 N–H and O–H groups in total. The second kappa shape index (κ2) is 6.47. The molecule has 1 aromatic carbocycles. The maximum absolute atomic E-state index is 5.75. The Kier molecular flexibility index (Phi) is 5.25. The van der Waals surface area contributed by atoms with Crippen LogP contribution in [0.15, 0.2) is 18.2 Å². The fourth-order valence-electron chi connectivity index (χ4n) is 1.61. The number of nitrogens with two attached hydrogens (primary N) is 1. The minimum Gasteiger partial charge on any atom is -0.497 e. The summed E-state index contributed by atoms with van der Waals surface area (Å²) >= 11 is 0. The second-order valence-electron chi connectivity index (χ2n) is 4.06. The fourth-order valence-corrected chi connectivity index (χ4v) is 1.61. The van der Waals surface area contributed by atoms with Gasteiger partial charge in [0.15, 0.2) is 0 Å². The summed E-state index contributed by atoms with van der Waals surface area (Å²) in [5, 5.41) is 0. The molecule has 1 atom stereocenters. The van der Waals surface area contributed by atoms with E-state index < -0.39 is 0 Å². The Morgan fingerprint density at radius 2 is 1.59 bits per heavy atom. The molecule has 1 aromatic rings. The van der Waals surface area contributed by atoms with Crippen molar-refractivity contribution < 1.29 is 14.2 Å². The highest BCUT2D eigenvalue weighted by molar-refractivity contribution is 5.39. The van der Waals surface area contributed by atoms with Crippen LogP contribution in [-0.2, 0) is 4.74 Å². The van der Waals surface area contributed by atoms with Gasteiger partial charge < -0.3 is 19.9 Å². The van der Waals surface area contributed by atoms with Crippen LogP contribution in [0.5, 0.6) is 11.5 Å². The van der Waals surface area contributed by atoms with Crippen LogP contribution in [0, 0.1) is 0 Å². The van der Waals surface area contributed by atoms with E-state index in [1.807, 2.05) is 32.0 Å². The van der Waals surface area contributed by atoms with Gasteiger partial charge in [0, 0.05) is 12.6 Å². The molecule has 4 heteroatoms. The van der Waals surface area contributed by atoms with Gasteiger partial charge in [0.1, 0.15) is 11.5 Å². The smallest absolute Gasteiger partial charge is 0.122 e. The summed E-state index contributed by atoms with van der Waals surface area (Å²) in [6.07, 6.45) is -0.0141. The zero-order valence-corrected chi connectivity index (χ0v) is 10.9. The number of methoxy groups -OCH3 is 2. The lowest BCUT2D eigenvalue weighted by Crippen LogP contribution is -2.19. The maximum atomic E-state index is 5.75. The monoisotopic (exact) mass is 239 g/mol. The first-order valence-corrected chi connectivity index (χ1v) is 5.69. The van der Waals surface area contributed by atoms with E-state index in [-0.39, 0.29) is 12.2 Å². The Bertz CT molecular complexity index is 330. The molecule has 0 radical (unpaired) electrons. The van der Waals surface area contributed by atoms with Gasteiger partial charge in [-0.05, 0) is 31.5 Å². The number of hydrogen-bond donors (Lipinski definition) is 1. The van der Waals surface area contributed by atoms with Gasteiger partial charge in [-0.1, -0.05) is 0 Å². The normalized spacial score (nSPS) is 12.6. The first-order valence-electron chi connectivity index (χ1n) is 5.69. The Labute approximate surface area is 103 Å². The molecule has 0 saturated carbocycles. The average Bonchev–Trinajstić information content (AvgIpc) is 2.34. The van der Waals surface area contributed by atoms with Crippen LogP contribution >= 0.6 is 0 Å². The molecule has 0 fully saturated rings. The lowest BCUT2D eigenvalue weighted by molar-refractivity contribution is 0.0117. The summed E-state index contributed by atoms with van der Waals surface area (Å²) in [7, 11) is 3.25. The van der Waals surface area contributed by atoms with Crippen LogP contribution < -0.4 is 15.2 Å². The predicted molar refractivity (Wildman–Crippen MR) is 67.6 cm³/mol. The largest absolute Gasteiger partial charge is 0.497 e. The summed E-state index contributed by atoms with van der Waals surface area (Å²) < 4.78 is 16.2. The summed E-state index contributed by atoms with van der Waals surface area (Å²) in [6, 6.07) is 5.66. The first kappa shape index (κ1) is 13.8. The molecule has 4 nitrogen and oxygen atoms in total. The molecule has 17 heavy (non-hydrogen) atoms. The van der Waals surface area contributed by atoms with Crippen molar-refractivity contribution in [3.63, 3.8) is 0 Å². The molecular weight excluding hydrogens is 218 g/mol. The SMILES string of the molecule is COc1cc(OC)cc(C(CN)OC(C)C)c1. The Balaban J connectivity index is 3.00. The van der Waals surface area contributed by atoms with Gasteiger partial charge in [0.25, 0.3) is 0 Å². The van der Waals surface area contributed by atoms with E-state index in [4.69, 9.17) is 19.9 Å². The highest BCUT2D eigenvalue weighted by Crippen LogP contribution is 2.28. The quantitative estimate of drug-likeness (QED) is 0.826. The zero-order valence-electron chi connectivity index (χ0n) is 10.9. The summed E-state index contributed by atoms with van der Waals surface area (Å²) in [5.74, 6) is 1.48. The van der Waals surface area contributed by atoms with E-state index in [9.17, 15) is 0 Å². The minimum atomic E-state index is -0.140. The van der Waals surface area contributed by atoms with Gasteiger partial charge in [-0.25, -0.2) is 0 Å². The maximum Gasteiger partial charge on any atom is 0.122 e. The molecule has 1 unspecified atom stereocenters. The molecular formula is C13H21NO3. The lowest BCUT2D eigenvalue weighted by atomic mass is 10.1. The number of hydrogen-bond acceptors (Lipinski definition) is 4. The van der Waals surface area contributed by atoms with Crippen molar-refractivity contribution >= 4 is 0 Å². The van der Waals surface area contributed by atoms with E-state index in [1.54, 1.807) is 14.2 Å². The first-order chi connectivity index (χ1) is 8.10. The van der Waals surface area contributed by atoms with Crippen molar-refractivity contribution in [3.8, 4) is 11.5 Å². The van der Waals surface area contributed by atoms with Crippen LogP contribution in [0.3, 0.4) is 0 Å². The van der Waals surface area contributed by atoms with Gasteiger partial charge in [-0.15, -0.1) is 0 Å². The minimum absolute atomic E-state index is 0.126. The topological polar surface area (TPSA) is 53.7 Å². The number of rotatable bonds is 6. The van der Waals surface area contributed by atoms with Crippen LogP contribution in [0.25, 0.3) is 0 Å². The van der Waals surface area contributed by atoms with Gasteiger partial charge in [-0.3, -0.25) is 0 Å². The second-order valence-corrected chi connectivity index (χ2v) is 4.06. The Morgan fingerprint density at radius 1 is 1.06 bits per heavy atom. The van der Waals surface area contributed by atoms with Gasteiger partial charge in [0.05, 0.1) is 26.4 Å². The van der Waals surface area contributed by atoms with Gasteiger partial charge >= 0.3 is 0 Å². The highest BCUT2D eigenvalue weighted by Gasteiger charge is 2.14. The zero-order chi connectivity index (χ0) is 12.8. The summed E-state index contributed by atoms with van der Waals surface area (Å²) in [4.78, 5) is 0. The molecule has 0 aliphatic carbocycles. The molecule has 96 valence electrons. The third-order valence-corrected chi connectivity index (χ3v) is 2.40. The third kappa shape index (κ3) is 3.91. The Morgan fingerprint density at radius 3 is 1.94 bits per heavy atom. The highest BCUT2D eigenvalue weighted by atomic mass is 16.5. The Hall–Kier alpha value is -1.26. The molecule has 0 spiro atoms. The van der Waals surface area contributed by atoms with E-state index >= 15 is 0 Å². The molecule has 0 aliphatic heterocycles. The predicted octanol–water partition coefficient (Wildman–Crippen LogP) is 2.13. The number of benzene rings is 1. The molecule has 0 amide bonds. The van der Waals surface area contributed by atoms with Crippen molar-refractivity contribution in [2.24, 2.45) is 5.73 Å². The van der Waals surface area contributed by atoms with Crippen LogP contribution in [0.4, 0.5) is 0 Å². The number of ether oxygens (including phenoxy) is 3. The van der Waals surface area contributed by atoms with Gasteiger partial charge in [-0.2, -0.15) is 0 Å². The van der Waals surface area contributed by atoms with Crippen molar-refractivity contribution in [2.45, 2.75) is 26.1 Å². The average molecular weight is 239 g/mol. The molecule has 0 heterocycles. The lowest BCUT2D eigenvalue weighted by Gasteiger charge is -2.20. The van der Waals surface area contributed by atoms with E-state index in [0.717, 1.165) is 17.1 Å². The molecule has 0 bridgehead atoms. The molecule has 0 aliphatic rings. The van der Waals surface area contributed by atoms with Crippen molar-refractivity contribution in [1.82, 2.24) is 0 Å². The summed E-state index contributed by atoms with van der Waals surface area (Å²) in [6.45, 7) is 4.40. The summed E-state index contributed by atoms with van der Waals surface area (Å²) in [5.41, 5.74) is 6.70. The van der Waals surface area contributed by atoms with Crippen molar-refractivity contribution in [2.75, 3.05) is 20.8 Å². The van der Waals surface area contributed by atoms with Crippen LogP contribution in [0.1, 0.15) is 25.5 Å². The molecule has 0 saturated heterocycles. The van der Waals surface area contributed by atoms with Crippen molar-refractivity contribution in [1.29, 1.82) is 0 Å². The third-order valence-electron chi connectivity index (χ3n) is 2.40. The van der Waals surface area contributed by atoms with E-state index in [2.05, 4.69) is 0 Å². The standard InChI is InChI=1S/C13H21NO3/c1-9(2)17-13(8-14)10-5-11(15-3)7-12(6-10)16-4/h5-7,9,13H,8,14H2,1-4H3. The van der Waals surface area contributed by atoms with Crippen LogP contribution in [-0.4, -0.2) is 26.9 Å². The van der Waals surface area contributed by atoms with Gasteiger partial charge in [0.2, 0.25) is 0 Å². The molecule has 0 aromatic heterocycles. The fraction of sp³-hybridized carbons (Fsp3) is 0.538. The van der Waals surface area contributed by atoms with E-state index in [1.165, 1.54) is 0 Å². The van der Waals surface area contributed by atoms with Crippen LogP contribution in [0.2, 0.25) is 0 Å².